The Hall–Kier alpha value is -3.52. The van der Waals surface area contributed by atoms with E-state index < -0.39 is 0 Å². The standard InChI is InChI=1S/C22H25N7O/c1-28(2)17-5-3-16(4-6-17)21-25-10-7-18(26-21)22(30)27-19-15-24-9-8-20(19)29-13-11-23-12-14-29/h3-10,15,23H,11-14H2,1-2H3,(H,27,30). The first kappa shape index (κ1) is 19.8. The third-order valence-corrected chi connectivity index (χ3v) is 5.03. The molecule has 3 aromatic rings. The summed E-state index contributed by atoms with van der Waals surface area (Å²) < 4.78 is 0. The lowest BCUT2D eigenvalue weighted by Crippen LogP contribution is -2.43. The molecule has 4 rings (SSSR count). The van der Waals surface area contributed by atoms with Gasteiger partial charge in [0.05, 0.1) is 17.6 Å². The SMILES string of the molecule is CN(C)c1ccc(-c2nccc(C(=O)Nc3cnccc3N3CCNCC3)n2)cc1. The summed E-state index contributed by atoms with van der Waals surface area (Å²) in [6, 6.07) is 11.5. The molecule has 8 heteroatoms. The number of aromatic nitrogens is 3. The molecule has 0 bridgehead atoms. The Kier molecular flexibility index (Phi) is 5.85. The van der Waals surface area contributed by atoms with Gasteiger partial charge in [0.15, 0.2) is 5.82 Å². The third-order valence-electron chi connectivity index (χ3n) is 5.03. The zero-order valence-electron chi connectivity index (χ0n) is 17.2. The van der Waals surface area contributed by atoms with E-state index in [9.17, 15) is 4.79 Å². The van der Waals surface area contributed by atoms with E-state index in [0.717, 1.165) is 43.1 Å². The molecule has 0 unspecified atom stereocenters. The molecule has 30 heavy (non-hydrogen) atoms. The maximum absolute atomic E-state index is 12.9. The molecule has 2 aromatic heterocycles. The number of benzene rings is 1. The summed E-state index contributed by atoms with van der Waals surface area (Å²) in [5.74, 6) is 0.231. The molecule has 1 aliphatic rings. The van der Waals surface area contributed by atoms with Gasteiger partial charge in [-0.05, 0) is 36.4 Å². The van der Waals surface area contributed by atoms with E-state index >= 15 is 0 Å². The highest BCUT2D eigenvalue weighted by molar-refractivity contribution is 6.04. The van der Waals surface area contributed by atoms with E-state index in [1.165, 1.54) is 0 Å². The fraction of sp³-hybridized carbons (Fsp3) is 0.273. The Morgan fingerprint density at radius 2 is 1.83 bits per heavy atom. The highest BCUT2D eigenvalue weighted by Crippen LogP contribution is 2.25. The van der Waals surface area contributed by atoms with Crippen molar-refractivity contribution in [1.82, 2.24) is 20.3 Å². The normalized spacial score (nSPS) is 13.7. The first-order chi connectivity index (χ1) is 14.6. The highest BCUT2D eigenvalue weighted by Gasteiger charge is 2.17. The van der Waals surface area contributed by atoms with E-state index in [4.69, 9.17) is 0 Å². The Labute approximate surface area is 176 Å². The number of nitrogens with one attached hydrogen (secondary N) is 2. The molecular formula is C22H25N7O. The van der Waals surface area contributed by atoms with Crippen molar-refractivity contribution in [3.63, 3.8) is 0 Å². The third kappa shape index (κ3) is 4.38. The molecule has 0 spiro atoms. The monoisotopic (exact) mass is 403 g/mol. The summed E-state index contributed by atoms with van der Waals surface area (Å²) in [5, 5.41) is 6.30. The quantitative estimate of drug-likeness (QED) is 0.676. The molecule has 0 saturated carbocycles. The van der Waals surface area contributed by atoms with Crippen LogP contribution in [0.15, 0.2) is 55.0 Å². The first-order valence-electron chi connectivity index (χ1n) is 9.93. The van der Waals surface area contributed by atoms with Gasteiger partial charge in [-0.2, -0.15) is 0 Å². The van der Waals surface area contributed by atoms with Crippen molar-refractivity contribution in [3.05, 3.63) is 60.7 Å². The van der Waals surface area contributed by atoms with Crippen LogP contribution in [0.2, 0.25) is 0 Å². The van der Waals surface area contributed by atoms with E-state index in [1.807, 2.05) is 49.3 Å². The van der Waals surface area contributed by atoms with Crippen molar-refractivity contribution in [2.24, 2.45) is 0 Å². The van der Waals surface area contributed by atoms with Crippen LogP contribution in [0, 0.1) is 0 Å². The summed E-state index contributed by atoms with van der Waals surface area (Å²) in [5.41, 5.74) is 3.91. The molecule has 1 aromatic carbocycles. The minimum absolute atomic E-state index is 0.284. The fourth-order valence-corrected chi connectivity index (χ4v) is 3.38. The van der Waals surface area contributed by atoms with Crippen LogP contribution < -0.4 is 20.4 Å². The van der Waals surface area contributed by atoms with Gasteiger partial charge >= 0.3 is 0 Å². The van der Waals surface area contributed by atoms with Crippen molar-refractivity contribution in [2.45, 2.75) is 0 Å². The average Bonchev–Trinajstić information content (AvgIpc) is 2.80. The van der Waals surface area contributed by atoms with Gasteiger partial charge in [0, 0.05) is 63.9 Å². The topological polar surface area (TPSA) is 86.3 Å². The molecule has 154 valence electrons. The average molecular weight is 403 g/mol. The van der Waals surface area contributed by atoms with Crippen LogP contribution in [-0.2, 0) is 0 Å². The molecule has 0 atom stereocenters. The Bertz CT molecular complexity index is 1010. The van der Waals surface area contributed by atoms with Gasteiger partial charge in [-0.1, -0.05) is 0 Å². The molecule has 2 N–H and O–H groups in total. The number of pyridine rings is 1. The van der Waals surface area contributed by atoms with Crippen molar-refractivity contribution in [3.8, 4) is 11.4 Å². The Balaban J connectivity index is 1.54. The molecule has 8 nitrogen and oxygen atoms in total. The predicted octanol–water partition coefficient (Wildman–Crippen LogP) is 2.27. The molecule has 1 fully saturated rings. The number of anilines is 3. The number of carbonyl (C=O) groups excluding carboxylic acids is 1. The maximum atomic E-state index is 12.9. The number of piperazine rings is 1. The zero-order chi connectivity index (χ0) is 20.9. The lowest BCUT2D eigenvalue weighted by Gasteiger charge is -2.30. The van der Waals surface area contributed by atoms with Crippen molar-refractivity contribution < 1.29 is 4.79 Å². The van der Waals surface area contributed by atoms with Crippen LogP contribution >= 0.6 is 0 Å². The smallest absolute Gasteiger partial charge is 0.274 e. The van der Waals surface area contributed by atoms with Crippen LogP contribution in [0.3, 0.4) is 0 Å². The summed E-state index contributed by atoms with van der Waals surface area (Å²) >= 11 is 0. The molecular weight excluding hydrogens is 378 g/mol. The lowest BCUT2D eigenvalue weighted by atomic mass is 10.2. The Morgan fingerprint density at radius 3 is 2.57 bits per heavy atom. The minimum atomic E-state index is -0.284. The Morgan fingerprint density at radius 1 is 1.07 bits per heavy atom. The van der Waals surface area contributed by atoms with Crippen LogP contribution in [0.25, 0.3) is 11.4 Å². The predicted molar refractivity (Wildman–Crippen MR) is 119 cm³/mol. The number of hydrogen-bond acceptors (Lipinski definition) is 7. The summed E-state index contributed by atoms with van der Waals surface area (Å²) in [6.45, 7) is 3.59. The summed E-state index contributed by atoms with van der Waals surface area (Å²) in [6.07, 6.45) is 5.03. The highest BCUT2D eigenvalue weighted by atomic mass is 16.1. The van der Waals surface area contributed by atoms with E-state index in [-0.39, 0.29) is 5.91 Å². The maximum Gasteiger partial charge on any atom is 0.274 e. The van der Waals surface area contributed by atoms with Gasteiger partial charge in [0.1, 0.15) is 5.69 Å². The molecule has 0 aliphatic carbocycles. The minimum Gasteiger partial charge on any atom is -0.378 e. The summed E-state index contributed by atoms with van der Waals surface area (Å²) in [4.78, 5) is 30.2. The van der Waals surface area contributed by atoms with Crippen LogP contribution in [0.4, 0.5) is 17.1 Å². The van der Waals surface area contributed by atoms with E-state index in [2.05, 4.69) is 30.5 Å². The second-order valence-electron chi connectivity index (χ2n) is 7.29. The zero-order valence-corrected chi connectivity index (χ0v) is 17.2. The first-order valence-corrected chi connectivity index (χ1v) is 9.93. The van der Waals surface area contributed by atoms with Gasteiger partial charge in [0.2, 0.25) is 0 Å². The van der Waals surface area contributed by atoms with Crippen LogP contribution in [0.5, 0.6) is 0 Å². The molecule has 1 aliphatic heterocycles. The molecule has 0 radical (unpaired) electrons. The molecule has 1 amide bonds. The van der Waals surface area contributed by atoms with Crippen molar-refractivity contribution in [2.75, 3.05) is 55.4 Å². The summed E-state index contributed by atoms with van der Waals surface area (Å²) in [7, 11) is 3.98. The van der Waals surface area contributed by atoms with Crippen LogP contribution in [0.1, 0.15) is 10.5 Å². The molecule has 1 saturated heterocycles. The van der Waals surface area contributed by atoms with Gasteiger partial charge in [-0.15, -0.1) is 0 Å². The van der Waals surface area contributed by atoms with Gasteiger partial charge in [0.25, 0.3) is 5.91 Å². The number of carbonyl (C=O) groups is 1. The second-order valence-corrected chi connectivity index (χ2v) is 7.29. The number of nitrogens with zero attached hydrogens (tertiary/aromatic N) is 5. The largest absolute Gasteiger partial charge is 0.378 e. The van der Waals surface area contributed by atoms with E-state index in [0.29, 0.717) is 17.2 Å². The number of rotatable bonds is 5. The molecule has 3 heterocycles. The van der Waals surface area contributed by atoms with Crippen LogP contribution in [-0.4, -0.2) is 61.1 Å². The number of hydrogen-bond donors (Lipinski definition) is 2. The van der Waals surface area contributed by atoms with E-state index in [1.54, 1.807) is 24.7 Å². The second kappa shape index (κ2) is 8.87. The van der Waals surface area contributed by atoms with Crippen molar-refractivity contribution in [1.29, 1.82) is 0 Å². The van der Waals surface area contributed by atoms with Crippen molar-refractivity contribution >= 4 is 23.0 Å². The lowest BCUT2D eigenvalue weighted by molar-refractivity contribution is 0.102. The van der Waals surface area contributed by atoms with Gasteiger partial charge in [-0.3, -0.25) is 9.78 Å². The van der Waals surface area contributed by atoms with Gasteiger partial charge < -0.3 is 20.4 Å². The number of amides is 1. The van der Waals surface area contributed by atoms with Gasteiger partial charge in [-0.25, -0.2) is 9.97 Å². The fourth-order valence-electron chi connectivity index (χ4n) is 3.38.